The first-order valence-electron chi connectivity index (χ1n) is 37.8. The number of hydrazine groups is 2. The molecule has 113 heavy (non-hydrogen) atoms. The van der Waals surface area contributed by atoms with Crippen LogP contribution in [0.3, 0.4) is 0 Å². The molecule has 1 saturated carbocycles. The van der Waals surface area contributed by atoms with Crippen LogP contribution in [0.4, 0.5) is 27.5 Å². The minimum Gasteiger partial charge on any atom is -0.497 e. The van der Waals surface area contributed by atoms with Crippen LogP contribution < -0.4 is 76.3 Å². The van der Waals surface area contributed by atoms with Crippen LogP contribution in [0.1, 0.15) is 120 Å². The van der Waals surface area contributed by atoms with Gasteiger partial charge >= 0.3 is 6.09 Å². The van der Waals surface area contributed by atoms with E-state index < -0.39 is 73.1 Å². The van der Waals surface area contributed by atoms with Gasteiger partial charge in [0.2, 0.25) is 35.4 Å². The Kier molecular flexibility index (Phi) is 22.9. The number of nitrogens with one attached hydrogen (secondary N) is 8. The zero-order chi connectivity index (χ0) is 79.2. The molecule has 14 rings (SSSR count). The maximum absolute atomic E-state index is 14.6. The average Bonchev–Trinajstić information content (AvgIpc) is 1.57. The van der Waals surface area contributed by atoms with E-state index in [0.717, 1.165) is 62.7 Å². The number of hydrogen-bond donors (Lipinski definition) is 9. The summed E-state index contributed by atoms with van der Waals surface area (Å²) in [6.07, 6.45) is 2.35. The molecular formula is C84H91N13O16. The predicted molar refractivity (Wildman–Crippen MR) is 420 cm³/mol. The molecule has 5 atom stereocenters. The highest BCUT2D eigenvalue weighted by Crippen LogP contribution is 2.57. The normalized spacial score (nSPS) is 17.9. The van der Waals surface area contributed by atoms with Gasteiger partial charge in [-0.05, 0) is 122 Å². The highest BCUT2D eigenvalue weighted by Gasteiger charge is 2.58. The summed E-state index contributed by atoms with van der Waals surface area (Å²) >= 11 is 0. The van der Waals surface area contributed by atoms with E-state index in [1.165, 1.54) is 33.3 Å². The van der Waals surface area contributed by atoms with E-state index in [2.05, 4.69) is 56.7 Å². The van der Waals surface area contributed by atoms with Crippen molar-refractivity contribution in [1.29, 1.82) is 0 Å². The van der Waals surface area contributed by atoms with E-state index in [4.69, 9.17) is 28.4 Å². The van der Waals surface area contributed by atoms with Gasteiger partial charge in [0.05, 0.1) is 106 Å². The molecule has 0 radical (unpaired) electrons. The third-order valence-electron chi connectivity index (χ3n) is 21.4. The van der Waals surface area contributed by atoms with Gasteiger partial charge in [0.15, 0.2) is 29.2 Å². The summed E-state index contributed by atoms with van der Waals surface area (Å²) < 4.78 is 35.3. The van der Waals surface area contributed by atoms with E-state index in [-0.39, 0.29) is 104 Å². The molecular weight excluding hydrogens is 1450 g/mol. The lowest BCUT2D eigenvalue weighted by Crippen LogP contribution is -2.54. The summed E-state index contributed by atoms with van der Waals surface area (Å²) in [5.41, 5.74) is 16.3. The number of aliphatic hydroxyl groups excluding tert-OH is 1. The first-order chi connectivity index (χ1) is 54.7. The summed E-state index contributed by atoms with van der Waals surface area (Å²) in [6.45, 7) is 5.66. The van der Waals surface area contributed by atoms with Crippen molar-refractivity contribution in [3.63, 3.8) is 0 Å². The number of anilines is 4. The SMILES string of the molecule is COc1ccc(C2=CN3C(=O)c4cc(OC)c(OCCCOc5cc6c(cc5OC)C(=O)N5CC7(CC7)C[C@H]5C(O)N6C(=O)OCc5ccc(NC(=O)[C@H](C)NC(=O)[C@H](Cc6ccccc6)NC(=O)CNC(=O)CNC(=O)CCC(=O)N6Cc7ccccc7C7=C(c8ccccc86)N(C(C)C)NN7)cc5)cc4NC[C@@H]3C2)cc1. The number of carbonyl (C=O) groups excluding carboxylic acids is 9. The number of amides is 9. The van der Waals surface area contributed by atoms with Crippen molar-refractivity contribution >= 4 is 93.1 Å². The van der Waals surface area contributed by atoms with E-state index in [9.17, 15) is 48.3 Å². The fourth-order valence-corrected chi connectivity index (χ4v) is 15.2. The van der Waals surface area contributed by atoms with Crippen molar-refractivity contribution in [2.75, 3.05) is 81.2 Å². The Morgan fingerprint density at radius 1 is 0.655 bits per heavy atom. The molecule has 9 N–H and O–H groups in total. The van der Waals surface area contributed by atoms with Gasteiger partial charge in [0.25, 0.3) is 11.8 Å². The van der Waals surface area contributed by atoms with Gasteiger partial charge in [-0.15, -0.1) is 5.53 Å². The molecule has 1 aliphatic carbocycles. The fraction of sp³-hybridized carbons (Fsp3) is 0.345. The molecule has 7 aromatic rings. The monoisotopic (exact) mass is 1540 g/mol. The molecule has 2 fully saturated rings. The Morgan fingerprint density at radius 3 is 2.05 bits per heavy atom. The summed E-state index contributed by atoms with van der Waals surface area (Å²) in [6, 6.07) is 41.8. The molecule has 1 unspecified atom stereocenters. The van der Waals surface area contributed by atoms with Gasteiger partial charge in [-0.2, -0.15) is 0 Å². The standard InChI is InChI=1S/C84H91N13O16/c1-49(2)97-77-60-19-12-13-20-65(60)94(45-54-17-10-11-18-59(54)76(77)91-92-97)75(101)30-29-72(98)86-43-73(99)87-44-74(100)90-64(35-51-15-8-7-9-16-51)79(103)88-50(3)78(102)89-56-25-21-52(22-26-56)47-113-83(107)96-66-40-71(69(110-6)38-62(66)81(105)95-48-84(31-32-84)41-67(95)82(96)106)112-34-14-33-111-70-39-63-61(37-68(70)109-5)80(104)93-46-55(36-57(93)42-85-63)53-23-27-58(108-4)28-24-53/h7-13,15-28,37-40,46,49-50,57,64,67,82,85,91-92,106H,14,29-36,41-45,47-48H2,1-6H3,(H,86,98)(H,87,99)(H,88,103)(H,89,102)(H,90,100)/t50-,57-,64-,67-,82?/m0/s1. The summed E-state index contributed by atoms with van der Waals surface area (Å²) in [4.78, 5) is 131. The molecule has 0 bridgehead atoms. The average molecular weight is 1540 g/mol. The van der Waals surface area contributed by atoms with Crippen molar-refractivity contribution in [3.8, 4) is 28.7 Å². The minimum atomic E-state index is -1.51. The van der Waals surface area contributed by atoms with Crippen LogP contribution >= 0.6 is 0 Å². The Morgan fingerprint density at radius 2 is 1.34 bits per heavy atom. The van der Waals surface area contributed by atoms with Gasteiger partial charge in [0.1, 0.15) is 24.4 Å². The lowest BCUT2D eigenvalue weighted by molar-refractivity contribution is -0.131. The van der Waals surface area contributed by atoms with E-state index in [1.807, 2.05) is 84.0 Å². The zero-order valence-electron chi connectivity index (χ0n) is 63.6. The van der Waals surface area contributed by atoms with Crippen LogP contribution in [0.15, 0.2) is 158 Å². The van der Waals surface area contributed by atoms with Gasteiger partial charge in [-0.3, -0.25) is 43.4 Å². The molecule has 9 amide bonds. The lowest BCUT2D eigenvalue weighted by atomic mass is 9.95. The first-order valence-corrected chi connectivity index (χ1v) is 37.8. The number of methoxy groups -OCH3 is 3. The molecule has 7 aromatic carbocycles. The second-order valence-electron chi connectivity index (χ2n) is 29.4. The second kappa shape index (κ2) is 33.5. The summed E-state index contributed by atoms with van der Waals surface area (Å²) in [7, 11) is 4.57. The van der Waals surface area contributed by atoms with E-state index in [1.54, 1.807) is 88.5 Å². The van der Waals surface area contributed by atoms with Gasteiger partial charge < -0.3 is 85.6 Å². The topological polar surface area (TPSA) is 342 Å². The maximum atomic E-state index is 14.6. The number of rotatable bonds is 27. The Hall–Kier alpha value is -12.6. The molecule has 6 heterocycles. The van der Waals surface area contributed by atoms with Crippen LogP contribution in [0.25, 0.3) is 17.0 Å². The number of nitrogens with zero attached hydrogens (tertiary/aromatic N) is 5. The fourth-order valence-electron chi connectivity index (χ4n) is 15.2. The van der Waals surface area contributed by atoms with Gasteiger partial charge in [0, 0.05) is 80.0 Å². The molecule has 29 nitrogen and oxygen atoms in total. The van der Waals surface area contributed by atoms with Crippen molar-refractivity contribution in [2.45, 2.75) is 122 Å². The number of aliphatic hydroxyl groups is 1. The molecule has 7 aliphatic rings. The number of para-hydroxylation sites is 1. The zero-order valence-corrected chi connectivity index (χ0v) is 63.6. The smallest absolute Gasteiger partial charge is 0.416 e. The van der Waals surface area contributed by atoms with Crippen LogP contribution in [-0.2, 0) is 53.1 Å². The minimum absolute atomic E-state index is 0.0244. The molecule has 1 saturated heterocycles. The van der Waals surface area contributed by atoms with Crippen LogP contribution in [0.5, 0.6) is 28.7 Å². The Labute approximate surface area is 653 Å². The largest absolute Gasteiger partial charge is 0.497 e. The predicted octanol–water partition coefficient (Wildman–Crippen LogP) is 8.00. The lowest BCUT2D eigenvalue weighted by Gasteiger charge is -2.32. The molecule has 6 aliphatic heterocycles. The Balaban J connectivity index is 0.556. The van der Waals surface area contributed by atoms with Crippen molar-refractivity contribution < 1.29 is 76.7 Å². The number of fused-ring (bicyclic) bond motifs is 8. The van der Waals surface area contributed by atoms with Gasteiger partial charge in [-0.1, -0.05) is 97.1 Å². The number of ether oxygens (including phenoxy) is 6. The highest BCUT2D eigenvalue weighted by molar-refractivity contribution is 6.07. The van der Waals surface area contributed by atoms with Crippen LogP contribution in [0.2, 0.25) is 0 Å². The number of carbonyl (C=O) groups is 9. The second-order valence-corrected chi connectivity index (χ2v) is 29.4. The van der Waals surface area contributed by atoms with Crippen LogP contribution in [-0.4, -0.2) is 170 Å². The highest BCUT2D eigenvalue weighted by atomic mass is 16.6. The third kappa shape index (κ3) is 16.9. The summed E-state index contributed by atoms with van der Waals surface area (Å²) in [5, 5.41) is 30.9. The molecule has 588 valence electrons. The van der Waals surface area contributed by atoms with Crippen molar-refractivity contribution in [1.82, 2.24) is 47.0 Å². The van der Waals surface area contributed by atoms with Crippen LogP contribution in [0, 0.1) is 5.41 Å². The molecule has 1 spiro atoms. The van der Waals surface area contributed by atoms with Gasteiger partial charge in [-0.25, -0.2) is 9.69 Å². The van der Waals surface area contributed by atoms with Crippen molar-refractivity contribution in [3.05, 3.63) is 202 Å². The number of benzene rings is 7. The maximum Gasteiger partial charge on any atom is 0.416 e. The Bertz CT molecular complexity index is 4900. The summed E-state index contributed by atoms with van der Waals surface area (Å²) in [5.74, 6) is -2.19. The number of hydrogen-bond acceptors (Lipinski definition) is 20. The molecule has 29 heteroatoms. The van der Waals surface area contributed by atoms with Crippen molar-refractivity contribution in [2.24, 2.45) is 5.41 Å². The third-order valence-corrected chi connectivity index (χ3v) is 21.4. The first kappa shape index (κ1) is 77.1. The van der Waals surface area contributed by atoms with E-state index in [0.29, 0.717) is 77.6 Å². The molecule has 0 aromatic heterocycles. The van der Waals surface area contributed by atoms with E-state index >= 15 is 0 Å². The quantitative estimate of drug-likeness (QED) is 0.0220.